The summed E-state index contributed by atoms with van der Waals surface area (Å²) in [6, 6.07) is 2.96. The van der Waals surface area contributed by atoms with E-state index in [0.717, 1.165) is 9.39 Å². The van der Waals surface area contributed by atoms with Crippen LogP contribution in [0.2, 0.25) is 0 Å². The van der Waals surface area contributed by atoms with Gasteiger partial charge in [0.1, 0.15) is 3.70 Å². The smallest absolute Gasteiger partial charge is 0.131 e. The summed E-state index contributed by atoms with van der Waals surface area (Å²) < 4.78 is 0.898. The molecule has 0 spiro atoms. The lowest BCUT2D eigenvalue weighted by Gasteiger charge is -1.67. The fourth-order valence-electron chi connectivity index (χ4n) is 0.344. The molecule has 0 aliphatic heterocycles. The van der Waals surface area contributed by atoms with Crippen LogP contribution in [0.5, 0.6) is 0 Å². The van der Waals surface area contributed by atoms with Gasteiger partial charge in [0.05, 0.1) is 0 Å². The maximum absolute atomic E-state index is 3.82. The minimum atomic E-state index is 0.898. The molecule has 1 aromatic rings. The van der Waals surface area contributed by atoms with E-state index in [0.29, 0.717) is 0 Å². The highest BCUT2D eigenvalue weighted by Crippen LogP contribution is 1.97. The molecule has 0 unspecified atom stereocenters. The van der Waals surface area contributed by atoms with E-state index in [2.05, 4.69) is 38.9 Å². The van der Waals surface area contributed by atoms with Crippen molar-refractivity contribution >= 4 is 22.6 Å². The van der Waals surface area contributed by atoms with Gasteiger partial charge in [0.2, 0.25) is 0 Å². The van der Waals surface area contributed by atoms with Gasteiger partial charge in [0.25, 0.3) is 0 Å². The number of hydrogen-bond donors (Lipinski definition) is 1. The van der Waals surface area contributed by atoms with Crippen LogP contribution in [-0.2, 0) is 0 Å². The number of H-pyrrole nitrogens is 1. The Balaban J connectivity index is 3.04. The summed E-state index contributed by atoms with van der Waals surface area (Å²) >= 11 is 2.10. The number of nitrogens with zero attached hydrogens (tertiary/aromatic N) is 1. The van der Waals surface area contributed by atoms with Gasteiger partial charge in [-0.3, -0.25) is 5.10 Å². The minimum absolute atomic E-state index is 0.898. The predicted octanol–water partition coefficient (Wildman–Crippen LogP) is 1.12. The van der Waals surface area contributed by atoms with Crippen molar-refractivity contribution in [3.8, 4) is 0 Å². The van der Waals surface area contributed by atoms with Crippen LogP contribution in [0.15, 0.2) is 0 Å². The molecular formula is C4H4IN2. The SMILES string of the molecule is Cc1[c]c(I)n[nH]1. The summed E-state index contributed by atoms with van der Waals surface area (Å²) in [5.41, 5.74) is 0.990. The minimum Gasteiger partial charge on any atom is -0.281 e. The Morgan fingerprint density at radius 3 is 2.71 bits per heavy atom. The molecule has 0 fully saturated rings. The van der Waals surface area contributed by atoms with Crippen molar-refractivity contribution in [2.45, 2.75) is 6.92 Å². The van der Waals surface area contributed by atoms with Gasteiger partial charge in [-0.15, -0.1) is 0 Å². The number of aromatic amines is 1. The average Bonchev–Trinajstić information content (AvgIpc) is 1.87. The van der Waals surface area contributed by atoms with E-state index in [1.54, 1.807) is 0 Å². The molecular weight excluding hydrogens is 203 g/mol. The predicted molar refractivity (Wildman–Crippen MR) is 34.9 cm³/mol. The first kappa shape index (κ1) is 5.08. The number of rotatable bonds is 0. The Morgan fingerprint density at radius 1 is 1.86 bits per heavy atom. The molecule has 0 aliphatic rings. The van der Waals surface area contributed by atoms with Crippen molar-refractivity contribution in [2.75, 3.05) is 0 Å². The molecule has 1 rings (SSSR count). The van der Waals surface area contributed by atoms with Crippen LogP contribution in [0.3, 0.4) is 0 Å². The van der Waals surface area contributed by atoms with Gasteiger partial charge in [0.15, 0.2) is 0 Å². The molecule has 3 heteroatoms. The fourth-order valence-corrected chi connectivity index (χ4v) is 0.869. The molecule has 0 saturated heterocycles. The van der Waals surface area contributed by atoms with Crippen molar-refractivity contribution in [1.82, 2.24) is 10.2 Å². The number of nitrogens with one attached hydrogen (secondary N) is 1. The van der Waals surface area contributed by atoms with Crippen LogP contribution < -0.4 is 0 Å². The zero-order valence-electron chi connectivity index (χ0n) is 3.83. The second-order valence-corrected chi connectivity index (χ2v) is 2.29. The Hall–Kier alpha value is -0.0600. The highest BCUT2D eigenvalue weighted by Gasteiger charge is 1.87. The Morgan fingerprint density at radius 2 is 2.57 bits per heavy atom. The first-order valence-electron chi connectivity index (χ1n) is 1.89. The van der Waals surface area contributed by atoms with Crippen LogP contribution in [0.25, 0.3) is 0 Å². The van der Waals surface area contributed by atoms with Crippen molar-refractivity contribution in [3.05, 3.63) is 15.5 Å². The van der Waals surface area contributed by atoms with Crippen LogP contribution in [-0.4, -0.2) is 10.2 Å². The van der Waals surface area contributed by atoms with Crippen LogP contribution >= 0.6 is 22.6 Å². The molecule has 0 aliphatic carbocycles. The lowest BCUT2D eigenvalue weighted by molar-refractivity contribution is 1.03. The second-order valence-electron chi connectivity index (χ2n) is 1.26. The third kappa shape index (κ3) is 1.15. The molecule has 2 nitrogen and oxygen atoms in total. The van der Waals surface area contributed by atoms with E-state index < -0.39 is 0 Å². The normalized spacial score (nSPS) is 9.43. The van der Waals surface area contributed by atoms with Crippen LogP contribution in [0, 0.1) is 16.7 Å². The molecule has 1 radical (unpaired) electrons. The van der Waals surface area contributed by atoms with Gasteiger partial charge in [-0.25, -0.2) is 0 Å². The highest BCUT2D eigenvalue weighted by molar-refractivity contribution is 14.1. The molecule has 1 N–H and O–H groups in total. The first-order chi connectivity index (χ1) is 3.29. The zero-order chi connectivity index (χ0) is 5.28. The van der Waals surface area contributed by atoms with Crippen LogP contribution in [0.4, 0.5) is 0 Å². The number of aromatic nitrogens is 2. The molecule has 1 heterocycles. The van der Waals surface area contributed by atoms with Gasteiger partial charge in [-0.1, -0.05) is 0 Å². The number of aryl methyl sites for hydroxylation is 1. The molecule has 0 atom stereocenters. The van der Waals surface area contributed by atoms with E-state index in [-0.39, 0.29) is 0 Å². The van der Waals surface area contributed by atoms with Gasteiger partial charge in [0, 0.05) is 11.8 Å². The van der Waals surface area contributed by atoms with E-state index in [4.69, 9.17) is 0 Å². The zero-order valence-corrected chi connectivity index (χ0v) is 5.98. The number of hydrogen-bond acceptors (Lipinski definition) is 1. The van der Waals surface area contributed by atoms with Gasteiger partial charge in [-0.2, -0.15) is 5.10 Å². The second kappa shape index (κ2) is 1.81. The number of halogens is 1. The topological polar surface area (TPSA) is 28.7 Å². The summed E-state index contributed by atoms with van der Waals surface area (Å²) in [7, 11) is 0. The van der Waals surface area contributed by atoms with Gasteiger partial charge in [-0.05, 0) is 29.5 Å². The third-order valence-electron chi connectivity index (χ3n) is 0.612. The van der Waals surface area contributed by atoms with Crippen molar-refractivity contribution in [1.29, 1.82) is 0 Å². The maximum Gasteiger partial charge on any atom is 0.131 e. The Bertz CT molecular complexity index is 142. The van der Waals surface area contributed by atoms with Crippen molar-refractivity contribution in [2.24, 2.45) is 0 Å². The fraction of sp³-hybridized carbons (Fsp3) is 0.250. The van der Waals surface area contributed by atoms with E-state index in [9.17, 15) is 0 Å². The molecule has 0 amide bonds. The molecule has 37 valence electrons. The monoisotopic (exact) mass is 207 g/mol. The van der Waals surface area contributed by atoms with Gasteiger partial charge < -0.3 is 0 Å². The average molecular weight is 207 g/mol. The standard InChI is InChI=1S/C4H4IN2/c1-3-2-4(5)7-6-3/h1H3,(H,6,7). The summed E-state index contributed by atoms with van der Waals surface area (Å²) in [5.74, 6) is 0. The summed E-state index contributed by atoms with van der Waals surface area (Å²) in [6.07, 6.45) is 0. The van der Waals surface area contributed by atoms with Crippen molar-refractivity contribution in [3.63, 3.8) is 0 Å². The van der Waals surface area contributed by atoms with Crippen LogP contribution in [0.1, 0.15) is 5.69 Å². The summed E-state index contributed by atoms with van der Waals surface area (Å²) in [4.78, 5) is 0. The van der Waals surface area contributed by atoms with Gasteiger partial charge >= 0.3 is 0 Å². The summed E-state index contributed by atoms with van der Waals surface area (Å²) in [6.45, 7) is 1.93. The largest absolute Gasteiger partial charge is 0.281 e. The Kier molecular flexibility index (Phi) is 1.32. The first-order valence-corrected chi connectivity index (χ1v) is 2.96. The van der Waals surface area contributed by atoms with E-state index in [1.807, 2.05) is 6.92 Å². The van der Waals surface area contributed by atoms with E-state index >= 15 is 0 Å². The molecule has 0 saturated carbocycles. The Labute approximate surface area is 55.5 Å². The van der Waals surface area contributed by atoms with E-state index in [1.165, 1.54) is 0 Å². The molecule has 7 heavy (non-hydrogen) atoms. The molecule has 1 aromatic heterocycles. The lowest BCUT2D eigenvalue weighted by Crippen LogP contribution is -1.67. The van der Waals surface area contributed by atoms with Crippen molar-refractivity contribution < 1.29 is 0 Å². The third-order valence-corrected chi connectivity index (χ3v) is 1.12. The summed E-state index contributed by atoms with van der Waals surface area (Å²) in [5, 5.41) is 6.58. The molecule has 0 bridgehead atoms. The lowest BCUT2D eigenvalue weighted by atomic mass is 10.5. The maximum atomic E-state index is 3.82. The molecule has 0 aromatic carbocycles. The highest BCUT2D eigenvalue weighted by atomic mass is 127. The quantitative estimate of drug-likeness (QED) is 0.634.